The smallest absolute Gasteiger partial charge is 0.309 e. The lowest BCUT2D eigenvalue weighted by Gasteiger charge is -2.42. The Morgan fingerprint density at radius 2 is 2.00 bits per heavy atom. The number of carbonyl (C=O) groups excluding carboxylic acids is 1. The van der Waals surface area contributed by atoms with E-state index in [1.807, 2.05) is 4.90 Å². The second-order valence-corrected chi connectivity index (χ2v) is 8.40. The highest BCUT2D eigenvalue weighted by Crippen LogP contribution is 2.43. The summed E-state index contributed by atoms with van der Waals surface area (Å²) in [6.07, 6.45) is -0.0573. The molecule has 0 spiro atoms. The molecule has 7 nitrogen and oxygen atoms in total. The lowest BCUT2D eigenvalue weighted by molar-refractivity contribution is -0.146. The summed E-state index contributed by atoms with van der Waals surface area (Å²) in [4.78, 5) is 26.2. The molecule has 1 saturated heterocycles. The number of carboxylic acid groups (broad SMARTS) is 1. The van der Waals surface area contributed by atoms with Crippen LogP contribution in [0.5, 0.6) is 0 Å². The van der Waals surface area contributed by atoms with Crippen LogP contribution in [0.25, 0.3) is 11.3 Å². The van der Waals surface area contributed by atoms with E-state index in [9.17, 15) is 32.3 Å². The summed E-state index contributed by atoms with van der Waals surface area (Å²) >= 11 is 0. The predicted octanol–water partition coefficient (Wildman–Crippen LogP) is 3.17. The molecule has 2 heterocycles. The van der Waals surface area contributed by atoms with Gasteiger partial charge in [-0.25, -0.2) is 17.6 Å². The Balaban J connectivity index is 1.38. The van der Waals surface area contributed by atoms with Crippen molar-refractivity contribution in [3.63, 3.8) is 0 Å². The Morgan fingerprint density at radius 1 is 1.25 bits per heavy atom. The first-order valence-corrected chi connectivity index (χ1v) is 10.2. The predicted molar refractivity (Wildman–Crippen MR) is 103 cm³/mol. The molecule has 1 aliphatic heterocycles. The molecule has 0 bridgehead atoms. The van der Waals surface area contributed by atoms with Crippen molar-refractivity contribution in [3.05, 3.63) is 41.6 Å². The zero-order chi connectivity index (χ0) is 23.0. The van der Waals surface area contributed by atoms with Crippen LogP contribution in [0.1, 0.15) is 29.8 Å². The summed E-state index contributed by atoms with van der Waals surface area (Å²) in [5.41, 5.74) is -0.247. The van der Waals surface area contributed by atoms with E-state index in [0.717, 1.165) is 12.1 Å². The molecular weight excluding hydrogens is 434 g/mol. The van der Waals surface area contributed by atoms with Crippen LogP contribution < -0.4 is 5.32 Å². The van der Waals surface area contributed by atoms with Gasteiger partial charge >= 0.3 is 5.97 Å². The van der Waals surface area contributed by atoms with E-state index >= 15 is 0 Å². The minimum absolute atomic E-state index is 0.0729. The first-order valence-electron chi connectivity index (χ1n) is 10.2. The van der Waals surface area contributed by atoms with Crippen molar-refractivity contribution >= 4 is 11.9 Å². The molecule has 1 saturated carbocycles. The zero-order valence-corrected chi connectivity index (χ0v) is 16.9. The van der Waals surface area contributed by atoms with Crippen LogP contribution in [0.15, 0.2) is 28.8 Å². The Bertz CT molecular complexity index is 1020. The van der Waals surface area contributed by atoms with Crippen molar-refractivity contribution in [2.75, 3.05) is 19.6 Å². The maximum Gasteiger partial charge on any atom is 0.309 e. The second-order valence-electron chi connectivity index (χ2n) is 8.40. The van der Waals surface area contributed by atoms with Gasteiger partial charge in [0, 0.05) is 50.7 Å². The number of amides is 1. The molecule has 0 radical (unpaired) electrons. The van der Waals surface area contributed by atoms with Crippen LogP contribution in [0.4, 0.5) is 17.6 Å². The summed E-state index contributed by atoms with van der Waals surface area (Å²) in [5, 5.41) is 15.8. The minimum atomic E-state index is -2.63. The van der Waals surface area contributed by atoms with Crippen LogP contribution in [0.2, 0.25) is 0 Å². The molecule has 2 aromatic rings. The van der Waals surface area contributed by atoms with E-state index in [4.69, 9.17) is 4.52 Å². The number of halogens is 4. The molecule has 2 atom stereocenters. The summed E-state index contributed by atoms with van der Waals surface area (Å²) in [6.45, 7) is 0.991. The SMILES string of the molecule is O=C(N[C@H]1CCN(CC2CC(F)(F)C2)C[C@@H]1C(=O)O)c1cc(-c2ccc(F)cc2F)on1. The van der Waals surface area contributed by atoms with Gasteiger partial charge in [0.1, 0.15) is 11.6 Å². The molecule has 172 valence electrons. The number of carbonyl (C=O) groups is 2. The van der Waals surface area contributed by atoms with Gasteiger partial charge in [-0.1, -0.05) is 5.16 Å². The number of likely N-dealkylation sites (tertiary alicyclic amines) is 1. The van der Waals surface area contributed by atoms with Crippen molar-refractivity contribution in [2.24, 2.45) is 11.8 Å². The first-order chi connectivity index (χ1) is 15.1. The summed E-state index contributed by atoms with van der Waals surface area (Å²) in [6, 6.07) is 3.36. The maximum absolute atomic E-state index is 13.9. The number of hydrogen-bond donors (Lipinski definition) is 2. The quantitative estimate of drug-likeness (QED) is 0.650. The third-order valence-electron chi connectivity index (χ3n) is 5.96. The van der Waals surface area contributed by atoms with Gasteiger partial charge in [0.25, 0.3) is 5.91 Å². The van der Waals surface area contributed by atoms with Crippen LogP contribution >= 0.6 is 0 Å². The zero-order valence-electron chi connectivity index (χ0n) is 16.9. The first kappa shape index (κ1) is 22.3. The number of benzene rings is 1. The third-order valence-corrected chi connectivity index (χ3v) is 5.96. The van der Waals surface area contributed by atoms with E-state index < -0.39 is 41.4 Å². The molecule has 2 N–H and O–H groups in total. The van der Waals surface area contributed by atoms with Gasteiger partial charge in [-0.2, -0.15) is 0 Å². The topological polar surface area (TPSA) is 95.7 Å². The Morgan fingerprint density at radius 3 is 2.66 bits per heavy atom. The van der Waals surface area contributed by atoms with E-state index in [0.29, 0.717) is 25.6 Å². The molecule has 2 fully saturated rings. The van der Waals surface area contributed by atoms with Crippen molar-refractivity contribution < 1.29 is 36.8 Å². The van der Waals surface area contributed by atoms with Gasteiger partial charge in [-0.15, -0.1) is 0 Å². The van der Waals surface area contributed by atoms with Gasteiger partial charge in [0.2, 0.25) is 5.92 Å². The molecule has 1 aromatic heterocycles. The number of carboxylic acids is 1. The minimum Gasteiger partial charge on any atom is -0.481 e. The van der Waals surface area contributed by atoms with Gasteiger partial charge in [0.05, 0.1) is 11.5 Å². The summed E-state index contributed by atoms with van der Waals surface area (Å²) in [5.74, 6) is -7.22. The van der Waals surface area contributed by atoms with Gasteiger partial charge < -0.3 is 19.8 Å². The van der Waals surface area contributed by atoms with Crippen LogP contribution in [-0.4, -0.2) is 58.6 Å². The van der Waals surface area contributed by atoms with Crippen LogP contribution in [0.3, 0.4) is 0 Å². The highest BCUT2D eigenvalue weighted by atomic mass is 19.3. The van der Waals surface area contributed by atoms with Gasteiger partial charge in [-0.05, 0) is 24.5 Å². The molecule has 1 amide bonds. The van der Waals surface area contributed by atoms with Gasteiger partial charge in [-0.3, -0.25) is 9.59 Å². The number of hydrogen-bond acceptors (Lipinski definition) is 5. The number of rotatable bonds is 6. The molecule has 4 rings (SSSR count). The normalized spacial score (nSPS) is 23.5. The molecular formula is C21H21F4N3O4. The lowest BCUT2D eigenvalue weighted by Crippen LogP contribution is -2.55. The fourth-order valence-electron chi connectivity index (χ4n) is 4.33. The van der Waals surface area contributed by atoms with Gasteiger partial charge in [0.15, 0.2) is 11.5 Å². The number of piperidine rings is 1. The largest absolute Gasteiger partial charge is 0.481 e. The van der Waals surface area contributed by atoms with E-state index in [1.165, 1.54) is 6.07 Å². The maximum atomic E-state index is 13.9. The standard InChI is InChI=1S/C21H21F4N3O4/c22-12-1-2-13(15(23)5-12)18-6-17(27-32-18)19(29)26-16-3-4-28(10-14(16)20(30)31)9-11-7-21(24,25)8-11/h1-2,5-6,11,14,16H,3-4,7-10H2,(H,26,29)(H,30,31)/t14-,16-/m0/s1. The Kier molecular flexibility index (Phi) is 5.93. The Hall–Kier alpha value is -2.95. The highest BCUT2D eigenvalue weighted by molar-refractivity contribution is 5.93. The van der Waals surface area contributed by atoms with E-state index in [-0.39, 0.29) is 42.3 Å². The number of aromatic nitrogens is 1. The fourth-order valence-corrected chi connectivity index (χ4v) is 4.33. The number of aliphatic carboxylic acids is 1. The third kappa shape index (κ3) is 4.77. The number of alkyl halides is 2. The molecule has 1 aliphatic carbocycles. The van der Waals surface area contributed by atoms with Crippen LogP contribution in [0, 0.1) is 23.5 Å². The van der Waals surface area contributed by atoms with E-state index in [1.54, 1.807) is 0 Å². The molecule has 11 heteroatoms. The fraction of sp³-hybridized carbons (Fsp3) is 0.476. The lowest BCUT2D eigenvalue weighted by atomic mass is 9.80. The van der Waals surface area contributed by atoms with E-state index in [2.05, 4.69) is 10.5 Å². The van der Waals surface area contributed by atoms with Crippen molar-refractivity contribution in [2.45, 2.75) is 31.2 Å². The second kappa shape index (κ2) is 8.53. The average molecular weight is 455 g/mol. The van der Waals surface area contributed by atoms with Crippen molar-refractivity contribution in [3.8, 4) is 11.3 Å². The average Bonchev–Trinajstić information content (AvgIpc) is 3.17. The monoisotopic (exact) mass is 455 g/mol. The van der Waals surface area contributed by atoms with Crippen molar-refractivity contribution in [1.29, 1.82) is 0 Å². The highest BCUT2D eigenvalue weighted by Gasteiger charge is 2.46. The molecule has 1 aromatic carbocycles. The molecule has 0 unspecified atom stereocenters. The number of nitrogens with one attached hydrogen (secondary N) is 1. The number of nitrogens with zero attached hydrogens (tertiary/aromatic N) is 2. The summed E-state index contributed by atoms with van der Waals surface area (Å²) < 4.78 is 58.1. The molecule has 2 aliphatic rings. The van der Waals surface area contributed by atoms with Crippen molar-refractivity contribution in [1.82, 2.24) is 15.4 Å². The molecule has 32 heavy (non-hydrogen) atoms. The Labute approximate surface area is 180 Å². The van der Waals surface area contributed by atoms with Crippen LogP contribution in [-0.2, 0) is 4.79 Å². The summed E-state index contributed by atoms with van der Waals surface area (Å²) in [7, 11) is 0.